The second-order valence-electron chi connectivity index (χ2n) is 10.8. The van der Waals surface area contributed by atoms with E-state index in [4.69, 9.17) is 16.3 Å². The molecule has 200 valence electrons. The van der Waals surface area contributed by atoms with Gasteiger partial charge in [0, 0.05) is 23.8 Å². The number of amides is 2. The van der Waals surface area contributed by atoms with Crippen LogP contribution in [0.4, 0.5) is 4.79 Å². The van der Waals surface area contributed by atoms with Crippen molar-refractivity contribution in [1.29, 1.82) is 0 Å². The Hall–Kier alpha value is -3.45. The third-order valence-corrected chi connectivity index (χ3v) is 7.02. The van der Waals surface area contributed by atoms with Gasteiger partial charge in [0.1, 0.15) is 5.60 Å². The summed E-state index contributed by atoms with van der Waals surface area (Å²) in [4.78, 5) is 28.2. The molecule has 8 heteroatoms. The number of nitrogens with zero attached hydrogens (tertiary/aromatic N) is 3. The summed E-state index contributed by atoms with van der Waals surface area (Å²) in [6, 6.07) is 20.8. The summed E-state index contributed by atoms with van der Waals surface area (Å²) in [5.41, 5.74) is 1.76. The molecule has 1 saturated carbocycles. The molecular formula is C30H35ClN4O3. The van der Waals surface area contributed by atoms with E-state index < -0.39 is 11.7 Å². The molecule has 1 unspecified atom stereocenters. The molecule has 0 spiro atoms. The third kappa shape index (κ3) is 7.54. The number of benzene rings is 2. The van der Waals surface area contributed by atoms with Crippen molar-refractivity contribution in [2.45, 2.75) is 70.7 Å². The minimum absolute atomic E-state index is 0.0440. The zero-order valence-corrected chi connectivity index (χ0v) is 22.9. The van der Waals surface area contributed by atoms with Crippen molar-refractivity contribution < 1.29 is 14.3 Å². The van der Waals surface area contributed by atoms with E-state index in [0.29, 0.717) is 17.3 Å². The predicted molar refractivity (Wildman–Crippen MR) is 148 cm³/mol. The van der Waals surface area contributed by atoms with Crippen LogP contribution in [0.1, 0.15) is 74.1 Å². The molecule has 38 heavy (non-hydrogen) atoms. The maximum Gasteiger partial charge on any atom is 0.408 e. The van der Waals surface area contributed by atoms with E-state index in [0.717, 1.165) is 36.8 Å². The first kappa shape index (κ1) is 27.6. The van der Waals surface area contributed by atoms with Crippen molar-refractivity contribution in [2.75, 3.05) is 0 Å². The number of alkyl carbamates (subject to hydrolysis) is 1. The van der Waals surface area contributed by atoms with Crippen LogP contribution in [-0.4, -0.2) is 38.7 Å². The van der Waals surface area contributed by atoms with Crippen LogP contribution in [0.15, 0.2) is 72.9 Å². The van der Waals surface area contributed by atoms with Gasteiger partial charge in [0.25, 0.3) is 5.91 Å². The topological polar surface area (TPSA) is 84.4 Å². The molecule has 1 aliphatic rings. The van der Waals surface area contributed by atoms with E-state index in [2.05, 4.69) is 15.5 Å². The molecule has 7 nitrogen and oxygen atoms in total. The first-order valence-electron chi connectivity index (χ1n) is 13.1. The second-order valence-corrected chi connectivity index (χ2v) is 11.2. The molecule has 0 radical (unpaired) electrons. The number of ether oxygens (including phenoxy) is 1. The smallest absolute Gasteiger partial charge is 0.408 e. The maximum absolute atomic E-state index is 13.5. The standard InChI is InChI=1S/C30H35ClN4O3/c1-30(2,3)38-29(37)33-27(23-11-7-12-24(31)19-23)22-14-16-25(17-15-22)35(20-21-9-5-4-6-10-21)28(36)26-13-8-18-32-34-26/h4-13,18-19,22,25,27H,14-17,20H2,1-3H3,(H,33,37). The van der Waals surface area contributed by atoms with E-state index in [-0.39, 0.29) is 23.9 Å². The fourth-order valence-electron chi connectivity index (χ4n) is 5.06. The fraction of sp³-hybridized carbons (Fsp3) is 0.400. The molecule has 2 aromatic carbocycles. The average Bonchev–Trinajstić information content (AvgIpc) is 2.90. The number of halogens is 1. The van der Waals surface area contributed by atoms with Gasteiger partial charge in [0.15, 0.2) is 5.69 Å². The predicted octanol–water partition coefficient (Wildman–Crippen LogP) is 6.60. The lowest BCUT2D eigenvalue weighted by Gasteiger charge is -2.39. The summed E-state index contributed by atoms with van der Waals surface area (Å²) in [6.07, 6.45) is 4.38. The summed E-state index contributed by atoms with van der Waals surface area (Å²) >= 11 is 6.31. The van der Waals surface area contributed by atoms with Crippen LogP contribution in [0.25, 0.3) is 0 Å². The normalized spacial score (nSPS) is 18.3. The van der Waals surface area contributed by atoms with E-state index in [1.807, 2.05) is 80.3 Å². The lowest BCUT2D eigenvalue weighted by atomic mass is 9.78. The number of aromatic nitrogens is 2. The largest absolute Gasteiger partial charge is 0.444 e. The van der Waals surface area contributed by atoms with Gasteiger partial charge < -0.3 is 15.0 Å². The second kappa shape index (κ2) is 12.4. The number of carbonyl (C=O) groups is 2. The van der Waals surface area contributed by atoms with Gasteiger partial charge in [0.2, 0.25) is 0 Å². The zero-order chi connectivity index (χ0) is 27.1. The summed E-state index contributed by atoms with van der Waals surface area (Å²) in [5, 5.41) is 11.7. The van der Waals surface area contributed by atoms with Gasteiger partial charge in [-0.3, -0.25) is 4.79 Å². The maximum atomic E-state index is 13.5. The Morgan fingerprint density at radius 1 is 1.03 bits per heavy atom. The van der Waals surface area contributed by atoms with E-state index in [1.54, 1.807) is 18.3 Å². The highest BCUT2D eigenvalue weighted by atomic mass is 35.5. The van der Waals surface area contributed by atoms with Crippen LogP contribution in [-0.2, 0) is 11.3 Å². The summed E-state index contributed by atoms with van der Waals surface area (Å²) < 4.78 is 5.57. The summed E-state index contributed by atoms with van der Waals surface area (Å²) in [5.74, 6) is 0.0473. The number of carbonyl (C=O) groups excluding carboxylic acids is 2. The van der Waals surface area contributed by atoms with E-state index in [9.17, 15) is 9.59 Å². The van der Waals surface area contributed by atoms with Gasteiger partial charge in [-0.1, -0.05) is 54.1 Å². The molecule has 1 N–H and O–H groups in total. The number of hydrogen-bond donors (Lipinski definition) is 1. The summed E-state index contributed by atoms with van der Waals surface area (Å²) in [7, 11) is 0. The number of nitrogens with one attached hydrogen (secondary N) is 1. The monoisotopic (exact) mass is 534 g/mol. The van der Waals surface area contributed by atoms with E-state index >= 15 is 0 Å². The van der Waals surface area contributed by atoms with Crippen LogP contribution in [0.2, 0.25) is 5.02 Å². The lowest BCUT2D eigenvalue weighted by Crippen LogP contribution is -2.44. The third-order valence-electron chi connectivity index (χ3n) is 6.78. The van der Waals surface area contributed by atoms with Crippen molar-refractivity contribution in [3.63, 3.8) is 0 Å². The van der Waals surface area contributed by atoms with Gasteiger partial charge in [-0.25, -0.2) is 4.79 Å². The van der Waals surface area contributed by atoms with Crippen LogP contribution in [0.5, 0.6) is 0 Å². The van der Waals surface area contributed by atoms with Crippen LogP contribution < -0.4 is 5.32 Å². The number of rotatable bonds is 7. The van der Waals surface area contributed by atoms with Crippen molar-refractivity contribution in [3.8, 4) is 0 Å². The molecule has 2 amide bonds. The molecule has 1 aliphatic carbocycles. The first-order chi connectivity index (χ1) is 18.2. The molecule has 1 atom stereocenters. The van der Waals surface area contributed by atoms with Crippen LogP contribution in [0, 0.1) is 5.92 Å². The Balaban J connectivity index is 1.52. The van der Waals surface area contributed by atoms with Gasteiger partial charge in [-0.2, -0.15) is 5.10 Å². The Morgan fingerprint density at radius 2 is 1.76 bits per heavy atom. The highest BCUT2D eigenvalue weighted by Gasteiger charge is 2.35. The molecule has 3 aromatic rings. The first-order valence-corrected chi connectivity index (χ1v) is 13.4. The van der Waals surface area contributed by atoms with Gasteiger partial charge in [0.05, 0.1) is 6.04 Å². The van der Waals surface area contributed by atoms with Crippen molar-refractivity contribution >= 4 is 23.6 Å². The molecule has 4 rings (SSSR count). The van der Waals surface area contributed by atoms with Gasteiger partial charge in [-0.15, -0.1) is 5.10 Å². The Bertz CT molecular complexity index is 1210. The molecule has 0 saturated heterocycles. The highest BCUT2D eigenvalue weighted by Crippen LogP contribution is 2.37. The molecule has 1 fully saturated rings. The molecule has 1 heterocycles. The minimum Gasteiger partial charge on any atom is -0.444 e. The quantitative estimate of drug-likeness (QED) is 0.369. The van der Waals surface area contributed by atoms with Crippen molar-refractivity contribution in [3.05, 3.63) is 94.8 Å². The minimum atomic E-state index is -0.598. The van der Waals surface area contributed by atoms with Crippen molar-refractivity contribution in [1.82, 2.24) is 20.4 Å². The van der Waals surface area contributed by atoms with Crippen molar-refractivity contribution in [2.24, 2.45) is 5.92 Å². The zero-order valence-electron chi connectivity index (χ0n) is 22.1. The summed E-state index contributed by atoms with van der Waals surface area (Å²) in [6.45, 7) is 6.05. The van der Waals surface area contributed by atoms with E-state index in [1.165, 1.54) is 0 Å². The molecule has 0 aliphatic heterocycles. The SMILES string of the molecule is CC(C)(C)OC(=O)NC(c1cccc(Cl)c1)C1CCC(N(Cc2ccccc2)C(=O)c2cccnn2)CC1. The van der Waals surface area contributed by atoms with Gasteiger partial charge >= 0.3 is 6.09 Å². The Kier molecular flexibility index (Phi) is 9.00. The molecule has 1 aromatic heterocycles. The Labute approximate surface area is 229 Å². The van der Waals surface area contributed by atoms with Crippen LogP contribution in [0.3, 0.4) is 0 Å². The highest BCUT2D eigenvalue weighted by molar-refractivity contribution is 6.30. The van der Waals surface area contributed by atoms with Gasteiger partial charge in [-0.05, 0) is 87.8 Å². The Morgan fingerprint density at radius 3 is 2.39 bits per heavy atom. The average molecular weight is 535 g/mol. The molecular weight excluding hydrogens is 500 g/mol. The lowest BCUT2D eigenvalue weighted by molar-refractivity contribution is 0.0451. The van der Waals surface area contributed by atoms with Crippen LogP contribution >= 0.6 is 11.6 Å². The number of hydrogen-bond acceptors (Lipinski definition) is 5. The fourth-order valence-corrected chi connectivity index (χ4v) is 5.26. The molecule has 0 bridgehead atoms.